The molecule has 0 radical (unpaired) electrons. The van der Waals surface area contributed by atoms with Gasteiger partial charge in [-0.05, 0) is 19.9 Å². The SMILES string of the molecule is CCOC(CNS(=O)(=O)c1cccc([N+](=O)[O-])c1)OCC. The first kappa shape index (κ1) is 17.5. The molecule has 0 spiro atoms. The van der Waals surface area contributed by atoms with Gasteiger partial charge in [0.05, 0.1) is 16.4 Å². The van der Waals surface area contributed by atoms with Gasteiger partial charge in [0.25, 0.3) is 5.69 Å². The molecule has 0 aliphatic carbocycles. The third-order valence-corrected chi connectivity index (χ3v) is 3.91. The van der Waals surface area contributed by atoms with Gasteiger partial charge >= 0.3 is 0 Å². The maximum absolute atomic E-state index is 12.1. The molecule has 21 heavy (non-hydrogen) atoms. The van der Waals surface area contributed by atoms with Gasteiger partial charge in [-0.1, -0.05) is 6.07 Å². The quantitative estimate of drug-likeness (QED) is 0.417. The Morgan fingerprint density at radius 2 is 1.90 bits per heavy atom. The van der Waals surface area contributed by atoms with Gasteiger partial charge in [-0.2, -0.15) is 0 Å². The van der Waals surface area contributed by atoms with Crippen LogP contribution < -0.4 is 4.72 Å². The fourth-order valence-corrected chi connectivity index (χ4v) is 2.62. The molecule has 0 amide bonds. The second-order valence-electron chi connectivity index (χ2n) is 3.95. The highest BCUT2D eigenvalue weighted by molar-refractivity contribution is 7.89. The van der Waals surface area contributed by atoms with E-state index < -0.39 is 21.2 Å². The Morgan fingerprint density at radius 1 is 1.29 bits per heavy atom. The predicted octanol–water partition coefficient (Wildman–Crippen LogP) is 1.27. The number of sulfonamides is 1. The maximum Gasteiger partial charge on any atom is 0.270 e. The minimum atomic E-state index is -3.86. The zero-order valence-corrected chi connectivity index (χ0v) is 12.6. The van der Waals surface area contributed by atoms with E-state index >= 15 is 0 Å². The van der Waals surface area contributed by atoms with Crippen LogP contribution in [0.1, 0.15) is 13.8 Å². The van der Waals surface area contributed by atoms with Gasteiger partial charge in [-0.3, -0.25) is 10.1 Å². The van der Waals surface area contributed by atoms with Gasteiger partial charge < -0.3 is 9.47 Å². The lowest BCUT2D eigenvalue weighted by Gasteiger charge is -2.17. The van der Waals surface area contributed by atoms with Crippen molar-refractivity contribution in [3.8, 4) is 0 Å². The highest BCUT2D eigenvalue weighted by Crippen LogP contribution is 2.17. The second kappa shape index (κ2) is 8.03. The van der Waals surface area contributed by atoms with Crippen LogP contribution >= 0.6 is 0 Å². The summed E-state index contributed by atoms with van der Waals surface area (Å²) in [4.78, 5) is 9.84. The zero-order valence-electron chi connectivity index (χ0n) is 11.8. The van der Waals surface area contributed by atoms with Crippen molar-refractivity contribution >= 4 is 15.7 Å². The summed E-state index contributed by atoms with van der Waals surface area (Å²) in [5, 5.41) is 10.7. The molecular weight excluding hydrogens is 300 g/mol. The topological polar surface area (TPSA) is 108 Å². The summed E-state index contributed by atoms with van der Waals surface area (Å²) < 4.78 is 36.9. The van der Waals surface area contributed by atoms with Crippen LogP contribution in [0, 0.1) is 10.1 Å². The average molecular weight is 318 g/mol. The normalized spacial score (nSPS) is 11.8. The van der Waals surface area contributed by atoms with Gasteiger partial charge in [-0.25, -0.2) is 13.1 Å². The first-order valence-corrected chi connectivity index (χ1v) is 7.86. The van der Waals surface area contributed by atoms with Gasteiger partial charge in [0.15, 0.2) is 6.29 Å². The molecule has 0 saturated carbocycles. The maximum atomic E-state index is 12.1. The Labute approximate surface area is 123 Å². The van der Waals surface area contributed by atoms with Crippen molar-refractivity contribution in [1.29, 1.82) is 0 Å². The highest BCUT2D eigenvalue weighted by atomic mass is 32.2. The largest absolute Gasteiger partial charge is 0.352 e. The summed E-state index contributed by atoms with van der Waals surface area (Å²) in [5.74, 6) is 0. The van der Waals surface area contributed by atoms with Crippen LogP contribution in [0.25, 0.3) is 0 Å². The van der Waals surface area contributed by atoms with E-state index in [1.807, 2.05) is 0 Å². The minimum Gasteiger partial charge on any atom is -0.352 e. The van der Waals surface area contributed by atoms with E-state index in [9.17, 15) is 18.5 Å². The number of benzene rings is 1. The van der Waals surface area contributed by atoms with E-state index in [0.29, 0.717) is 13.2 Å². The Kier molecular flexibility index (Phi) is 6.69. The molecule has 118 valence electrons. The summed E-state index contributed by atoms with van der Waals surface area (Å²) >= 11 is 0. The molecule has 0 fully saturated rings. The van der Waals surface area contributed by atoms with Crippen molar-refractivity contribution in [2.75, 3.05) is 19.8 Å². The fraction of sp³-hybridized carbons (Fsp3) is 0.500. The van der Waals surface area contributed by atoms with Gasteiger partial charge in [0, 0.05) is 25.3 Å². The van der Waals surface area contributed by atoms with Crippen LogP contribution in [0.4, 0.5) is 5.69 Å². The molecule has 0 unspecified atom stereocenters. The van der Waals surface area contributed by atoms with Crippen LogP contribution in [0.5, 0.6) is 0 Å². The predicted molar refractivity (Wildman–Crippen MR) is 75.3 cm³/mol. The van der Waals surface area contributed by atoms with E-state index in [-0.39, 0.29) is 17.1 Å². The van der Waals surface area contributed by atoms with E-state index in [1.54, 1.807) is 13.8 Å². The molecule has 0 aliphatic heterocycles. The van der Waals surface area contributed by atoms with Crippen molar-refractivity contribution in [3.05, 3.63) is 34.4 Å². The molecule has 0 heterocycles. The molecule has 0 saturated heterocycles. The number of rotatable bonds is 9. The van der Waals surface area contributed by atoms with E-state index in [0.717, 1.165) is 6.07 Å². The highest BCUT2D eigenvalue weighted by Gasteiger charge is 2.19. The minimum absolute atomic E-state index is 0.0767. The summed E-state index contributed by atoms with van der Waals surface area (Å²) in [5.41, 5.74) is -0.288. The Balaban J connectivity index is 2.81. The molecule has 1 aromatic carbocycles. The third-order valence-electron chi connectivity index (χ3n) is 2.48. The number of hydrogen-bond acceptors (Lipinski definition) is 6. The second-order valence-corrected chi connectivity index (χ2v) is 5.71. The monoisotopic (exact) mass is 318 g/mol. The standard InChI is InChI=1S/C12H18N2O6S/c1-3-19-12(20-4-2)9-13-21(17,18)11-7-5-6-10(8-11)14(15)16/h5-8,12-13H,3-4,9H2,1-2H3. The van der Waals surface area contributed by atoms with E-state index in [4.69, 9.17) is 9.47 Å². The van der Waals surface area contributed by atoms with Crippen molar-refractivity contribution in [2.45, 2.75) is 25.0 Å². The molecule has 8 nitrogen and oxygen atoms in total. The summed E-state index contributed by atoms with van der Waals surface area (Å²) in [6.07, 6.45) is -0.700. The molecule has 0 aromatic heterocycles. The molecule has 1 rings (SSSR count). The molecule has 1 aromatic rings. The lowest BCUT2D eigenvalue weighted by Crippen LogP contribution is -2.35. The van der Waals surface area contributed by atoms with Crippen molar-refractivity contribution in [3.63, 3.8) is 0 Å². The van der Waals surface area contributed by atoms with Crippen molar-refractivity contribution in [1.82, 2.24) is 4.72 Å². The van der Waals surface area contributed by atoms with Crippen LogP contribution in [0.3, 0.4) is 0 Å². The number of ether oxygens (including phenoxy) is 2. The summed E-state index contributed by atoms with van der Waals surface area (Å²) in [7, 11) is -3.86. The number of hydrogen-bond donors (Lipinski definition) is 1. The van der Waals surface area contributed by atoms with Crippen molar-refractivity contribution < 1.29 is 22.8 Å². The first-order valence-electron chi connectivity index (χ1n) is 6.38. The van der Waals surface area contributed by atoms with Crippen LogP contribution in [0.15, 0.2) is 29.2 Å². The van der Waals surface area contributed by atoms with Crippen molar-refractivity contribution in [2.24, 2.45) is 0 Å². The molecule has 0 atom stereocenters. The number of nitro benzene ring substituents is 1. The molecule has 1 N–H and O–H groups in total. The number of non-ortho nitro benzene ring substituents is 1. The smallest absolute Gasteiger partial charge is 0.270 e. The Hall–Kier alpha value is -1.55. The Morgan fingerprint density at radius 3 is 2.43 bits per heavy atom. The molecular formula is C12H18N2O6S. The number of nitrogens with zero attached hydrogens (tertiary/aromatic N) is 1. The number of nitro groups is 1. The third kappa shape index (κ3) is 5.38. The van der Waals surface area contributed by atoms with E-state index in [2.05, 4.69) is 4.72 Å². The zero-order chi connectivity index (χ0) is 15.9. The van der Waals surface area contributed by atoms with E-state index in [1.165, 1.54) is 18.2 Å². The number of nitrogens with one attached hydrogen (secondary N) is 1. The summed E-state index contributed by atoms with van der Waals surface area (Å²) in [6, 6.07) is 4.82. The van der Waals surface area contributed by atoms with Gasteiger partial charge in [0.1, 0.15) is 0 Å². The fourth-order valence-electron chi connectivity index (χ4n) is 1.56. The molecule has 0 bridgehead atoms. The molecule has 9 heteroatoms. The van der Waals surface area contributed by atoms with Gasteiger partial charge in [-0.15, -0.1) is 0 Å². The van der Waals surface area contributed by atoms with Gasteiger partial charge in [0.2, 0.25) is 10.0 Å². The first-order chi connectivity index (χ1) is 9.90. The van der Waals surface area contributed by atoms with Crippen LogP contribution in [-0.4, -0.2) is 39.4 Å². The summed E-state index contributed by atoms with van der Waals surface area (Å²) in [6.45, 7) is 4.21. The van der Waals surface area contributed by atoms with Crippen LogP contribution in [0.2, 0.25) is 0 Å². The molecule has 0 aliphatic rings. The lowest BCUT2D eigenvalue weighted by molar-refractivity contribution is -0.385. The lowest BCUT2D eigenvalue weighted by atomic mass is 10.3. The van der Waals surface area contributed by atoms with Crippen LogP contribution in [-0.2, 0) is 19.5 Å². The Bertz CT molecular complexity index is 569. The average Bonchev–Trinajstić information content (AvgIpc) is 2.45.